The smallest absolute Gasteiger partial charge is 0.387 e. The van der Waals surface area contributed by atoms with Crippen LogP contribution in [0.3, 0.4) is 0 Å². The van der Waals surface area contributed by atoms with Crippen LogP contribution in [0.15, 0.2) is 42.7 Å². The number of esters is 1. The summed E-state index contributed by atoms with van der Waals surface area (Å²) < 4.78 is 40.7. The van der Waals surface area contributed by atoms with Gasteiger partial charge in [0.05, 0.1) is 18.8 Å². The molecule has 0 atom stereocenters. The average molecular weight is 389 g/mol. The van der Waals surface area contributed by atoms with Gasteiger partial charge in [-0.25, -0.2) is 4.79 Å². The Balaban J connectivity index is 1.93. The topological polar surface area (TPSA) is 57.7 Å². The Hall–Kier alpha value is -2.96. The van der Waals surface area contributed by atoms with Gasteiger partial charge in [-0.05, 0) is 67.2 Å². The Bertz CT molecular complexity index is 836. The SMILES string of the molecule is CCOC(=O)C(=Cc1ccc(OC(F)F)c(OCC2CC2)c1)c1ccncc1. The summed E-state index contributed by atoms with van der Waals surface area (Å²) in [6.07, 6.45) is 6.92. The zero-order chi connectivity index (χ0) is 19.9. The predicted octanol–water partition coefficient (Wildman–Crippen LogP) is 4.58. The van der Waals surface area contributed by atoms with E-state index in [4.69, 9.17) is 9.47 Å². The van der Waals surface area contributed by atoms with E-state index in [2.05, 4.69) is 9.72 Å². The molecule has 0 unspecified atom stereocenters. The largest absolute Gasteiger partial charge is 0.489 e. The fourth-order valence-corrected chi connectivity index (χ4v) is 2.58. The molecular formula is C21H21F2NO4. The van der Waals surface area contributed by atoms with Crippen molar-refractivity contribution in [1.29, 1.82) is 0 Å². The molecule has 0 aliphatic heterocycles. The maximum Gasteiger partial charge on any atom is 0.387 e. The molecule has 0 spiro atoms. The maximum atomic E-state index is 12.7. The monoisotopic (exact) mass is 389 g/mol. The first-order chi connectivity index (χ1) is 13.6. The number of halogens is 2. The van der Waals surface area contributed by atoms with Gasteiger partial charge in [0.1, 0.15) is 0 Å². The summed E-state index contributed by atoms with van der Waals surface area (Å²) in [7, 11) is 0. The van der Waals surface area contributed by atoms with Crippen LogP contribution in [0.5, 0.6) is 11.5 Å². The lowest BCUT2D eigenvalue weighted by Crippen LogP contribution is -2.07. The predicted molar refractivity (Wildman–Crippen MR) is 100 cm³/mol. The number of nitrogens with zero attached hydrogens (tertiary/aromatic N) is 1. The number of hydrogen-bond donors (Lipinski definition) is 0. The van der Waals surface area contributed by atoms with Gasteiger partial charge in [0.25, 0.3) is 0 Å². The third-order valence-electron chi connectivity index (χ3n) is 4.15. The third kappa shape index (κ3) is 5.52. The highest BCUT2D eigenvalue weighted by atomic mass is 19.3. The highest BCUT2D eigenvalue weighted by Crippen LogP contribution is 2.35. The molecule has 2 aromatic rings. The van der Waals surface area contributed by atoms with Gasteiger partial charge >= 0.3 is 12.6 Å². The van der Waals surface area contributed by atoms with E-state index in [9.17, 15) is 13.6 Å². The van der Waals surface area contributed by atoms with E-state index in [1.165, 1.54) is 6.07 Å². The molecule has 1 aromatic heterocycles. The third-order valence-corrected chi connectivity index (χ3v) is 4.15. The van der Waals surface area contributed by atoms with Gasteiger partial charge in [-0.1, -0.05) is 6.07 Å². The van der Waals surface area contributed by atoms with Gasteiger partial charge in [-0.3, -0.25) is 4.98 Å². The van der Waals surface area contributed by atoms with Crippen molar-refractivity contribution in [3.8, 4) is 11.5 Å². The maximum absolute atomic E-state index is 12.7. The van der Waals surface area contributed by atoms with Crippen LogP contribution in [0.4, 0.5) is 8.78 Å². The molecular weight excluding hydrogens is 368 g/mol. The van der Waals surface area contributed by atoms with E-state index in [1.54, 1.807) is 49.7 Å². The molecule has 1 fully saturated rings. The Morgan fingerprint density at radius 2 is 1.96 bits per heavy atom. The molecule has 148 valence electrons. The van der Waals surface area contributed by atoms with Crippen molar-refractivity contribution in [2.24, 2.45) is 5.92 Å². The van der Waals surface area contributed by atoms with E-state index in [1.807, 2.05) is 0 Å². The minimum atomic E-state index is -2.95. The number of rotatable bonds is 9. The molecule has 1 aliphatic carbocycles. The lowest BCUT2D eigenvalue weighted by Gasteiger charge is -2.13. The summed E-state index contributed by atoms with van der Waals surface area (Å²) in [4.78, 5) is 16.4. The number of pyridine rings is 1. The van der Waals surface area contributed by atoms with E-state index >= 15 is 0 Å². The summed E-state index contributed by atoms with van der Waals surface area (Å²) in [6.45, 7) is -0.542. The number of hydrogen-bond acceptors (Lipinski definition) is 5. The molecule has 3 rings (SSSR count). The molecule has 0 saturated heterocycles. The summed E-state index contributed by atoms with van der Waals surface area (Å²) in [5.41, 5.74) is 1.58. The lowest BCUT2D eigenvalue weighted by molar-refractivity contribution is -0.136. The minimum Gasteiger partial charge on any atom is -0.489 e. The quantitative estimate of drug-likeness (QED) is 0.464. The normalized spacial score (nSPS) is 14.1. The molecule has 1 aliphatic rings. The number of benzene rings is 1. The molecule has 0 bridgehead atoms. The van der Waals surface area contributed by atoms with Crippen molar-refractivity contribution in [1.82, 2.24) is 4.98 Å². The summed E-state index contributed by atoms with van der Waals surface area (Å²) in [5.74, 6) is 0.154. The van der Waals surface area contributed by atoms with E-state index < -0.39 is 12.6 Å². The molecule has 1 aromatic carbocycles. The molecule has 1 saturated carbocycles. The van der Waals surface area contributed by atoms with Crippen LogP contribution >= 0.6 is 0 Å². The van der Waals surface area contributed by atoms with Crippen LogP contribution in [0, 0.1) is 5.92 Å². The molecule has 1 heterocycles. The Morgan fingerprint density at radius 1 is 1.21 bits per heavy atom. The number of carbonyl (C=O) groups excluding carboxylic acids is 1. The summed E-state index contributed by atoms with van der Waals surface area (Å²) in [5, 5.41) is 0. The van der Waals surface area contributed by atoms with Gasteiger partial charge in [0.2, 0.25) is 0 Å². The van der Waals surface area contributed by atoms with Crippen LogP contribution in [0.2, 0.25) is 0 Å². The van der Waals surface area contributed by atoms with E-state index in [0.29, 0.717) is 29.2 Å². The summed E-state index contributed by atoms with van der Waals surface area (Å²) >= 11 is 0. The fourth-order valence-electron chi connectivity index (χ4n) is 2.58. The van der Waals surface area contributed by atoms with Crippen LogP contribution in [-0.4, -0.2) is 30.8 Å². The van der Waals surface area contributed by atoms with Crippen molar-refractivity contribution in [3.63, 3.8) is 0 Å². The Kier molecular flexibility index (Phi) is 6.57. The molecule has 0 amide bonds. The Morgan fingerprint density at radius 3 is 2.61 bits per heavy atom. The van der Waals surface area contributed by atoms with Crippen LogP contribution in [0.25, 0.3) is 11.6 Å². The Labute approximate surface area is 161 Å². The molecule has 28 heavy (non-hydrogen) atoms. The van der Waals surface area contributed by atoms with Crippen molar-refractivity contribution in [2.45, 2.75) is 26.4 Å². The van der Waals surface area contributed by atoms with Gasteiger partial charge in [-0.15, -0.1) is 0 Å². The van der Waals surface area contributed by atoms with Gasteiger partial charge in [-0.2, -0.15) is 8.78 Å². The second-order valence-electron chi connectivity index (χ2n) is 6.35. The zero-order valence-corrected chi connectivity index (χ0v) is 15.4. The fraction of sp³-hybridized carbons (Fsp3) is 0.333. The minimum absolute atomic E-state index is 0.0330. The van der Waals surface area contributed by atoms with Gasteiger partial charge in [0.15, 0.2) is 11.5 Å². The lowest BCUT2D eigenvalue weighted by atomic mass is 10.0. The number of alkyl halides is 2. The van der Waals surface area contributed by atoms with Crippen LogP contribution in [0.1, 0.15) is 30.9 Å². The second kappa shape index (κ2) is 9.30. The van der Waals surface area contributed by atoms with Crippen molar-refractivity contribution in [3.05, 3.63) is 53.9 Å². The molecule has 0 radical (unpaired) electrons. The zero-order valence-electron chi connectivity index (χ0n) is 15.4. The number of ether oxygens (including phenoxy) is 3. The standard InChI is InChI=1S/C21H21F2NO4/c1-2-26-20(25)17(16-7-9-24-10-8-16)11-15-5-6-18(28-21(22)23)19(12-15)27-13-14-3-4-14/h5-12,14,21H,2-4,13H2,1H3. The number of carbonyl (C=O) groups is 1. The first-order valence-electron chi connectivity index (χ1n) is 9.07. The molecule has 0 N–H and O–H groups in total. The second-order valence-corrected chi connectivity index (χ2v) is 6.35. The van der Waals surface area contributed by atoms with Gasteiger partial charge in [0, 0.05) is 12.4 Å². The van der Waals surface area contributed by atoms with E-state index in [-0.39, 0.29) is 18.1 Å². The van der Waals surface area contributed by atoms with Crippen LogP contribution < -0.4 is 9.47 Å². The van der Waals surface area contributed by atoms with E-state index in [0.717, 1.165) is 12.8 Å². The number of aromatic nitrogens is 1. The average Bonchev–Trinajstić information content (AvgIpc) is 3.51. The highest BCUT2D eigenvalue weighted by molar-refractivity contribution is 6.21. The van der Waals surface area contributed by atoms with Crippen molar-refractivity contribution >= 4 is 17.6 Å². The van der Waals surface area contributed by atoms with Gasteiger partial charge < -0.3 is 14.2 Å². The van der Waals surface area contributed by atoms with Crippen molar-refractivity contribution in [2.75, 3.05) is 13.2 Å². The first kappa shape index (κ1) is 19.8. The molecule has 7 heteroatoms. The highest BCUT2D eigenvalue weighted by Gasteiger charge is 2.23. The van der Waals surface area contributed by atoms with Crippen LogP contribution in [-0.2, 0) is 9.53 Å². The molecule has 5 nitrogen and oxygen atoms in total. The summed E-state index contributed by atoms with van der Waals surface area (Å²) in [6, 6.07) is 7.97. The first-order valence-corrected chi connectivity index (χ1v) is 9.07. The van der Waals surface area contributed by atoms with Crippen molar-refractivity contribution < 1.29 is 27.8 Å².